The Bertz CT molecular complexity index is 988. The van der Waals surface area contributed by atoms with Crippen molar-refractivity contribution in [1.29, 1.82) is 0 Å². The van der Waals surface area contributed by atoms with Crippen LogP contribution in [0.1, 0.15) is 33.1 Å². The molecular formula is C25H34N2O3S2. The molecule has 0 aliphatic carbocycles. The minimum absolute atomic E-state index is 0.324. The zero-order valence-electron chi connectivity index (χ0n) is 19.1. The molecule has 0 bridgehead atoms. The lowest BCUT2D eigenvalue weighted by Gasteiger charge is -2.33. The first kappa shape index (κ1) is 23.5. The van der Waals surface area contributed by atoms with Gasteiger partial charge in [0.05, 0.1) is 17.2 Å². The van der Waals surface area contributed by atoms with Gasteiger partial charge in [-0.1, -0.05) is 32.0 Å². The number of hydrogen-bond donors (Lipinski definition) is 0. The summed E-state index contributed by atoms with van der Waals surface area (Å²) in [6.45, 7) is 9.19. The number of thioether (sulfide) groups is 1. The highest BCUT2D eigenvalue weighted by Crippen LogP contribution is 2.40. The number of likely N-dealkylation sites (tertiary alicyclic amines) is 1. The van der Waals surface area contributed by atoms with Crippen LogP contribution in [-0.4, -0.2) is 51.9 Å². The third kappa shape index (κ3) is 5.43. The van der Waals surface area contributed by atoms with E-state index in [0.717, 1.165) is 46.9 Å². The first-order chi connectivity index (χ1) is 15.4. The maximum atomic E-state index is 13.2. The van der Waals surface area contributed by atoms with E-state index in [1.54, 1.807) is 36.0 Å². The molecular weight excluding hydrogens is 440 g/mol. The molecule has 2 aliphatic heterocycles. The van der Waals surface area contributed by atoms with E-state index in [1.807, 2.05) is 24.3 Å². The number of ether oxygens (including phenoxy) is 1. The minimum Gasteiger partial charge on any atom is -0.493 e. The van der Waals surface area contributed by atoms with Crippen LogP contribution in [0.4, 0.5) is 5.69 Å². The van der Waals surface area contributed by atoms with Gasteiger partial charge in [0.25, 0.3) is 10.0 Å². The number of anilines is 1. The van der Waals surface area contributed by atoms with E-state index in [2.05, 4.69) is 18.7 Å². The molecule has 2 aromatic rings. The van der Waals surface area contributed by atoms with Crippen molar-refractivity contribution >= 4 is 27.5 Å². The Kier molecular flexibility index (Phi) is 7.69. The van der Waals surface area contributed by atoms with Crippen molar-refractivity contribution < 1.29 is 13.2 Å². The summed E-state index contributed by atoms with van der Waals surface area (Å²) in [4.78, 5) is 3.85. The second kappa shape index (κ2) is 10.5. The molecule has 0 atom stereocenters. The molecule has 4 rings (SSSR count). The van der Waals surface area contributed by atoms with E-state index in [-0.39, 0.29) is 0 Å². The molecule has 1 fully saturated rings. The van der Waals surface area contributed by atoms with Gasteiger partial charge in [0.1, 0.15) is 5.75 Å². The zero-order valence-corrected chi connectivity index (χ0v) is 20.7. The van der Waals surface area contributed by atoms with Gasteiger partial charge in [-0.2, -0.15) is 0 Å². The van der Waals surface area contributed by atoms with Gasteiger partial charge in [0.15, 0.2) is 0 Å². The number of rotatable bonds is 8. The molecule has 2 aliphatic rings. The highest BCUT2D eigenvalue weighted by atomic mass is 32.2. The molecule has 7 heteroatoms. The van der Waals surface area contributed by atoms with Crippen LogP contribution in [-0.2, 0) is 10.0 Å². The molecule has 0 saturated carbocycles. The summed E-state index contributed by atoms with van der Waals surface area (Å²) in [5, 5.41) is 0. The average molecular weight is 475 g/mol. The first-order valence-corrected chi connectivity index (χ1v) is 14.1. The third-order valence-electron chi connectivity index (χ3n) is 6.54. The van der Waals surface area contributed by atoms with Gasteiger partial charge in [-0.25, -0.2) is 8.42 Å². The number of piperidine rings is 1. The normalized spacial score (nSPS) is 18.0. The molecule has 0 unspecified atom stereocenters. The molecule has 32 heavy (non-hydrogen) atoms. The number of hydrogen-bond acceptors (Lipinski definition) is 5. The van der Waals surface area contributed by atoms with Crippen LogP contribution in [0.5, 0.6) is 5.75 Å². The van der Waals surface area contributed by atoms with Crippen LogP contribution in [0.15, 0.2) is 58.3 Å². The Balaban J connectivity index is 1.36. The molecule has 0 N–H and O–H groups in total. The molecule has 2 heterocycles. The molecule has 0 aromatic heterocycles. The Morgan fingerprint density at radius 2 is 1.81 bits per heavy atom. The van der Waals surface area contributed by atoms with Crippen LogP contribution < -0.4 is 9.04 Å². The number of fused-ring (bicyclic) bond motifs is 1. The zero-order chi connectivity index (χ0) is 22.6. The lowest BCUT2D eigenvalue weighted by atomic mass is 9.87. The predicted molar refractivity (Wildman–Crippen MR) is 132 cm³/mol. The fraction of sp³-hybridized carbons (Fsp3) is 0.520. The topological polar surface area (TPSA) is 49.9 Å². The Labute approximate surface area is 197 Å². The van der Waals surface area contributed by atoms with E-state index in [4.69, 9.17) is 4.74 Å². The second-order valence-corrected chi connectivity index (χ2v) is 12.0. The summed E-state index contributed by atoms with van der Waals surface area (Å²) in [7, 11) is -3.58. The van der Waals surface area contributed by atoms with Gasteiger partial charge in [-0.15, -0.1) is 11.8 Å². The van der Waals surface area contributed by atoms with Gasteiger partial charge >= 0.3 is 0 Å². The lowest BCUT2D eigenvalue weighted by Crippen LogP contribution is -2.36. The van der Waals surface area contributed by atoms with Crippen LogP contribution >= 0.6 is 11.8 Å². The molecule has 0 radical (unpaired) electrons. The number of benzene rings is 2. The lowest BCUT2D eigenvalue weighted by molar-refractivity contribution is 0.149. The average Bonchev–Trinajstić information content (AvgIpc) is 2.82. The largest absolute Gasteiger partial charge is 0.493 e. The van der Waals surface area contributed by atoms with Gasteiger partial charge in [0, 0.05) is 29.8 Å². The van der Waals surface area contributed by atoms with Crippen molar-refractivity contribution in [3.05, 3.63) is 48.5 Å². The van der Waals surface area contributed by atoms with Crippen LogP contribution in [0.3, 0.4) is 0 Å². The van der Waals surface area contributed by atoms with Gasteiger partial charge < -0.3 is 9.64 Å². The summed E-state index contributed by atoms with van der Waals surface area (Å²) in [5.74, 6) is 3.13. The van der Waals surface area contributed by atoms with E-state index in [0.29, 0.717) is 18.0 Å². The fourth-order valence-corrected chi connectivity index (χ4v) is 7.20. The molecule has 1 saturated heterocycles. The quantitative estimate of drug-likeness (QED) is 0.497. The molecule has 2 aromatic carbocycles. The molecule has 0 spiro atoms. The molecule has 174 valence electrons. The molecule has 5 nitrogen and oxygen atoms in total. The summed E-state index contributed by atoms with van der Waals surface area (Å²) < 4.78 is 34.0. The van der Waals surface area contributed by atoms with Crippen LogP contribution in [0.25, 0.3) is 0 Å². The van der Waals surface area contributed by atoms with Crippen molar-refractivity contribution in [2.75, 3.05) is 42.8 Å². The monoisotopic (exact) mass is 474 g/mol. The number of nitrogens with zero attached hydrogens (tertiary/aromatic N) is 2. The fourth-order valence-electron chi connectivity index (χ4n) is 4.55. The smallest absolute Gasteiger partial charge is 0.264 e. The van der Waals surface area contributed by atoms with Gasteiger partial charge in [-0.05, 0) is 68.5 Å². The Morgan fingerprint density at radius 1 is 1.06 bits per heavy atom. The first-order valence-electron chi connectivity index (χ1n) is 11.6. The SMILES string of the molecule is CC(C)C1CCN(CCCOc2ccc3c(c2)N(S(=O)(=O)c2ccccc2)CCS3)CC1. The standard InChI is InChI=1S/C25H34N2O3S2/c1-20(2)21-11-14-26(15-12-21)13-6-17-30-22-9-10-25-24(19-22)27(16-18-31-25)32(28,29)23-7-4-3-5-8-23/h3-5,7-10,19-21H,6,11-18H2,1-2H3. The van der Waals surface area contributed by atoms with Crippen molar-refractivity contribution in [1.82, 2.24) is 4.90 Å². The number of sulfonamides is 1. The molecule has 0 amide bonds. The van der Waals surface area contributed by atoms with Crippen molar-refractivity contribution in [3.8, 4) is 5.75 Å². The highest BCUT2D eigenvalue weighted by molar-refractivity contribution is 8.00. The van der Waals surface area contributed by atoms with E-state index in [9.17, 15) is 8.42 Å². The summed E-state index contributed by atoms with van der Waals surface area (Å²) in [5.41, 5.74) is 0.721. The van der Waals surface area contributed by atoms with Crippen LogP contribution in [0.2, 0.25) is 0 Å². The maximum absolute atomic E-state index is 13.2. The van der Waals surface area contributed by atoms with E-state index >= 15 is 0 Å². The summed E-state index contributed by atoms with van der Waals surface area (Å²) >= 11 is 1.69. The maximum Gasteiger partial charge on any atom is 0.264 e. The van der Waals surface area contributed by atoms with Crippen molar-refractivity contribution in [3.63, 3.8) is 0 Å². The highest BCUT2D eigenvalue weighted by Gasteiger charge is 2.29. The predicted octanol–water partition coefficient (Wildman–Crippen LogP) is 5.12. The van der Waals surface area contributed by atoms with Crippen LogP contribution in [0, 0.1) is 11.8 Å². The van der Waals surface area contributed by atoms with Crippen molar-refractivity contribution in [2.45, 2.75) is 42.9 Å². The Morgan fingerprint density at radius 3 is 2.53 bits per heavy atom. The van der Waals surface area contributed by atoms with Gasteiger partial charge in [0.2, 0.25) is 0 Å². The van der Waals surface area contributed by atoms with E-state index in [1.165, 1.54) is 30.2 Å². The Hall–Kier alpha value is -1.70. The minimum atomic E-state index is -3.58. The van der Waals surface area contributed by atoms with E-state index < -0.39 is 10.0 Å². The second-order valence-electron chi connectivity index (χ2n) is 8.99. The summed E-state index contributed by atoms with van der Waals surface area (Å²) in [6, 6.07) is 14.5. The third-order valence-corrected chi connectivity index (χ3v) is 9.42. The van der Waals surface area contributed by atoms with Gasteiger partial charge in [-0.3, -0.25) is 4.31 Å². The summed E-state index contributed by atoms with van der Waals surface area (Å²) in [6.07, 6.45) is 3.57. The van der Waals surface area contributed by atoms with Crippen molar-refractivity contribution in [2.24, 2.45) is 11.8 Å².